The molecule has 0 heterocycles. The van der Waals surface area contributed by atoms with E-state index in [0.29, 0.717) is 0 Å². The van der Waals surface area contributed by atoms with Gasteiger partial charge in [-0.15, -0.1) is 0 Å². The van der Waals surface area contributed by atoms with Crippen LogP contribution in [-0.4, -0.2) is 46.8 Å². The van der Waals surface area contributed by atoms with Gasteiger partial charge in [-0.1, -0.05) is 60.7 Å². The fourth-order valence-electron chi connectivity index (χ4n) is 3.28. The van der Waals surface area contributed by atoms with Crippen LogP contribution in [0.3, 0.4) is 0 Å². The van der Waals surface area contributed by atoms with Crippen molar-refractivity contribution in [1.82, 2.24) is 10.4 Å². The minimum absolute atomic E-state index is 0.0330. The summed E-state index contributed by atoms with van der Waals surface area (Å²) in [5.74, 6) is -0.664. The lowest BCUT2D eigenvalue weighted by Crippen LogP contribution is -2.46. The summed E-state index contributed by atoms with van der Waals surface area (Å²) in [4.78, 5) is 32.0. The molecule has 2 rings (SSSR count). The molecule has 0 saturated heterocycles. The second-order valence-electron chi connectivity index (χ2n) is 8.66. The van der Waals surface area contributed by atoms with Crippen molar-refractivity contribution in [3.8, 4) is 0 Å². The molecular formula is C25H34N2O5. The highest BCUT2D eigenvalue weighted by atomic mass is 16.6. The van der Waals surface area contributed by atoms with Gasteiger partial charge in [-0.3, -0.25) is 9.63 Å². The van der Waals surface area contributed by atoms with Gasteiger partial charge in [-0.2, -0.15) is 0 Å². The third-order valence-electron chi connectivity index (χ3n) is 4.97. The van der Waals surface area contributed by atoms with E-state index >= 15 is 0 Å². The molecule has 2 atom stereocenters. The van der Waals surface area contributed by atoms with Gasteiger partial charge in [0.2, 0.25) is 5.91 Å². The molecule has 7 nitrogen and oxygen atoms in total. The molecule has 2 N–H and O–H groups in total. The smallest absolute Gasteiger partial charge is 0.410 e. The molecular weight excluding hydrogens is 408 g/mol. The topological polar surface area (TPSA) is 88.1 Å². The molecule has 0 saturated carbocycles. The van der Waals surface area contributed by atoms with Crippen LogP contribution < -0.4 is 5.48 Å². The minimum Gasteiger partial charge on any atom is -0.444 e. The standard InChI is InChI=1S/C25H34N2O5/c1-19(22(17-28)21-13-9-6-10-14-21)27(24(30)32-25(2,3)4)16-15-23(29)26-31-18-20-11-7-5-8-12-20/h5-14,19,22,28H,15-18H2,1-4H3,(H,26,29)/t19-,22?/m1/s1. The lowest BCUT2D eigenvalue weighted by molar-refractivity contribution is -0.134. The fourth-order valence-corrected chi connectivity index (χ4v) is 3.28. The van der Waals surface area contributed by atoms with E-state index in [-0.39, 0.29) is 38.0 Å². The van der Waals surface area contributed by atoms with Crippen molar-refractivity contribution in [3.63, 3.8) is 0 Å². The van der Waals surface area contributed by atoms with Crippen LogP contribution in [0.25, 0.3) is 0 Å². The normalized spacial score (nSPS) is 13.2. The van der Waals surface area contributed by atoms with Crippen molar-refractivity contribution < 1.29 is 24.3 Å². The summed E-state index contributed by atoms with van der Waals surface area (Å²) in [5.41, 5.74) is 3.58. The van der Waals surface area contributed by atoms with Gasteiger partial charge in [-0.25, -0.2) is 10.3 Å². The van der Waals surface area contributed by atoms with Gasteiger partial charge in [-0.05, 0) is 38.8 Å². The van der Waals surface area contributed by atoms with Gasteiger partial charge in [0.15, 0.2) is 0 Å². The highest BCUT2D eigenvalue weighted by Crippen LogP contribution is 2.25. The molecule has 7 heteroatoms. The number of ether oxygens (including phenoxy) is 1. The van der Waals surface area contributed by atoms with Crippen molar-refractivity contribution in [1.29, 1.82) is 0 Å². The molecule has 0 aromatic heterocycles. The molecule has 2 aromatic rings. The number of carbonyl (C=O) groups excluding carboxylic acids is 2. The van der Waals surface area contributed by atoms with Crippen molar-refractivity contribution in [2.24, 2.45) is 0 Å². The highest BCUT2D eigenvalue weighted by molar-refractivity contribution is 5.76. The number of nitrogens with one attached hydrogen (secondary N) is 1. The Balaban J connectivity index is 2.02. The number of hydrogen-bond donors (Lipinski definition) is 2. The summed E-state index contributed by atoms with van der Waals surface area (Å²) in [6.07, 6.45) is -0.497. The first kappa shape index (κ1) is 25.4. The van der Waals surface area contributed by atoms with Crippen LogP contribution in [0, 0.1) is 0 Å². The molecule has 0 aliphatic heterocycles. The molecule has 0 bridgehead atoms. The Morgan fingerprint density at radius 2 is 1.62 bits per heavy atom. The van der Waals surface area contributed by atoms with Crippen molar-refractivity contribution in [3.05, 3.63) is 71.8 Å². The van der Waals surface area contributed by atoms with E-state index in [0.717, 1.165) is 11.1 Å². The van der Waals surface area contributed by atoms with Crippen LogP contribution in [0.1, 0.15) is 51.2 Å². The van der Waals surface area contributed by atoms with Gasteiger partial charge in [0.1, 0.15) is 5.60 Å². The third-order valence-corrected chi connectivity index (χ3v) is 4.97. The Morgan fingerprint density at radius 1 is 1.03 bits per heavy atom. The lowest BCUT2D eigenvalue weighted by Gasteiger charge is -2.35. The minimum atomic E-state index is -0.683. The molecule has 0 fully saturated rings. The first-order valence-electron chi connectivity index (χ1n) is 10.8. The molecule has 2 aromatic carbocycles. The van der Waals surface area contributed by atoms with Crippen LogP contribution in [0.2, 0.25) is 0 Å². The molecule has 174 valence electrons. The van der Waals surface area contributed by atoms with Gasteiger partial charge < -0.3 is 14.7 Å². The quantitative estimate of drug-likeness (QED) is 0.543. The molecule has 32 heavy (non-hydrogen) atoms. The number of carbonyl (C=O) groups is 2. The predicted molar refractivity (Wildman–Crippen MR) is 123 cm³/mol. The number of benzene rings is 2. The van der Waals surface area contributed by atoms with Gasteiger partial charge >= 0.3 is 6.09 Å². The molecule has 2 amide bonds. The third kappa shape index (κ3) is 8.32. The van der Waals surface area contributed by atoms with Gasteiger partial charge in [0, 0.05) is 24.9 Å². The number of hydroxylamine groups is 1. The Hall–Kier alpha value is -2.90. The van der Waals surface area contributed by atoms with Crippen LogP contribution in [0.5, 0.6) is 0 Å². The van der Waals surface area contributed by atoms with E-state index in [1.165, 1.54) is 4.90 Å². The number of aliphatic hydroxyl groups excluding tert-OH is 1. The summed E-state index contributed by atoms with van der Waals surface area (Å²) in [6, 6.07) is 18.6. The van der Waals surface area contributed by atoms with E-state index in [1.807, 2.05) is 67.6 Å². The zero-order chi connectivity index (χ0) is 23.6. The second-order valence-corrected chi connectivity index (χ2v) is 8.66. The Kier molecular flexibility index (Phi) is 9.68. The summed E-state index contributed by atoms with van der Waals surface area (Å²) in [7, 11) is 0. The van der Waals surface area contributed by atoms with E-state index in [4.69, 9.17) is 9.57 Å². The monoisotopic (exact) mass is 442 g/mol. The van der Waals surface area contributed by atoms with E-state index in [9.17, 15) is 14.7 Å². The maximum atomic E-state index is 12.9. The average Bonchev–Trinajstić information content (AvgIpc) is 2.75. The van der Waals surface area contributed by atoms with Crippen molar-refractivity contribution in [2.45, 2.75) is 58.3 Å². The summed E-state index contributed by atoms with van der Waals surface area (Å²) in [6.45, 7) is 7.45. The fraction of sp³-hybridized carbons (Fsp3) is 0.440. The predicted octanol–water partition coefficient (Wildman–Crippen LogP) is 4.03. The Bertz CT molecular complexity index is 836. The van der Waals surface area contributed by atoms with Crippen molar-refractivity contribution in [2.75, 3.05) is 13.2 Å². The number of aliphatic hydroxyl groups is 1. The lowest BCUT2D eigenvalue weighted by atomic mass is 9.92. The molecule has 0 radical (unpaired) electrons. The number of amides is 2. The largest absolute Gasteiger partial charge is 0.444 e. The molecule has 0 aliphatic rings. The highest BCUT2D eigenvalue weighted by Gasteiger charge is 2.31. The Morgan fingerprint density at radius 3 is 2.19 bits per heavy atom. The summed E-state index contributed by atoms with van der Waals surface area (Å²) >= 11 is 0. The number of hydrogen-bond acceptors (Lipinski definition) is 5. The van der Waals surface area contributed by atoms with Crippen LogP contribution in [0.15, 0.2) is 60.7 Å². The number of nitrogens with zero attached hydrogens (tertiary/aromatic N) is 1. The molecule has 0 spiro atoms. The van der Waals surface area contributed by atoms with E-state index in [1.54, 1.807) is 20.8 Å². The summed E-state index contributed by atoms with van der Waals surface area (Å²) < 4.78 is 5.57. The van der Waals surface area contributed by atoms with Gasteiger partial charge in [0.05, 0.1) is 13.2 Å². The SMILES string of the molecule is C[C@H](C(CO)c1ccccc1)N(CCC(=O)NOCc1ccccc1)C(=O)OC(C)(C)C. The molecule has 1 unspecified atom stereocenters. The number of rotatable bonds is 10. The zero-order valence-electron chi connectivity index (χ0n) is 19.3. The maximum Gasteiger partial charge on any atom is 0.410 e. The summed E-state index contributed by atoms with van der Waals surface area (Å²) in [5, 5.41) is 10.0. The van der Waals surface area contributed by atoms with Crippen molar-refractivity contribution >= 4 is 12.0 Å². The Labute approximate surface area is 190 Å². The van der Waals surface area contributed by atoms with E-state index < -0.39 is 17.7 Å². The maximum absolute atomic E-state index is 12.9. The first-order chi connectivity index (χ1) is 15.2. The molecule has 0 aliphatic carbocycles. The van der Waals surface area contributed by atoms with Gasteiger partial charge in [0.25, 0.3) is 0 Å². The average molecular weight is 443 g/mol. The van der Waals surface area contributed by atoms with Crippen LogP contribution in [0.4, 0.5) is 4.79 Å². The second kappa shape index (κ2) is 12.2. The first-order valence-corrected chi connectivity index (χ1v) is 10.8. The zero-order valence-corrected chi connectivity index (χ0v) is 19.3. The van der Waals surface area contributed by atoms with E-state index in [2.05, 4.69) is 5.48 Å². The van der Waals surface area contributed by atoms with Crippen LogP contribution >= 0.6 is 0 Å². The van der Waals surface area contributed by atoms with Crippen LogP contribution in [-0.2, 0) is 21.0 Å².